The second kappa shape index (κ2) is 8.85. The molecule has 1 saturated heterocycles. The van der Waals surface area contributed by atoms with Crippen molar-refractivity contribution in [3.8, 4) is 0 Å². The maximum atomic E-state index is 12.6. The Balaban J connectivity index is 1.96. The fourth-order valence-corrected chi connectivity index (χ4v) is 2.90. The molecule has 0 spiro atoms. The summed E-state index contributed by atoms with van der Waals surface area (Å²) in [5.74, 6) is 0.567. The predicted octanol–water partition coefficient (Wildman–Crippen LogP) is 2.60. The molecule has 6 heteroatoms. The summed E-state index contributed by atoms with van der Waals surface area (Å²) in [6, 6.07) is 7.46. The lowest BCUT2D eigenvalue weighted by atomic mass is 10.0. The van der Waals surface area contributed by atoms with Gasteiger partial charge in [-0.25, -0.2) is 4.79 Å². The van der Waals surface area contributed by atoms with Gasteiger partial charge in [0, 0.05) is 26.3 Å². The molecule has 1 fully saturated rings. The van der Waals surface area contributed by atoms with Gasteiger partial charge in [-0.05, 0) is 30.0 Å². The van der Waals surface area contributed by atoms with Crippen LogP contribution in [-0.2, 0) is 16.0 Å². The molecule has 25 heavy (non-hydrogen) atoms. The predicted molar refractivity (Wildman–Crippen MR) is 98.6 cm³/mol. The minimum Gasteiger partial charge on any atom is -0.377 e. The van der Waals surface area contributed by atoms with Crippen LogP contribution in [0.2, 0.25) is 0 Å². The highest BCUT2D eigenvalue weighted by molar-refractivity contribution is 5.89. The average molecular weight is 347 g/mol. The molecule has 1 aromatic carbocycles. The SMILES string of the molecule is CC(C)C[C@H]1COCCN1C(=O)Nc1ccc(CC(=O)N(C)C)cc1. The van der Waals surface area contributed by atoms with Crippen LogP contribution in [0.3, 0.4) is 0 Å². The zero-order chi connectivity index (χ0) is 18.4. The highest BCUT2D eigenvalue weighted by Crippen LogP contribution is 2.18. The molecule has 1 aliphatic rings. The van der Waals surface area contributed by atoms with Gasteiger partial charge in [0.15, 0.2) is 0 Å². The van der Waals surface area contributed by atoms with Crippen molar-refractivity contribution in [1.29, 1.82) is 0 Å². The fourth-order valence-electron chi connectivity index (χ4n) is 2.90. The second-order valence-electron chi connectivity index (χ2n) is 7.14. The number of anilines is 1. The number of benzene rings is 1. The lowest BCUT2D eigenvalue weighted by Gasteiger charge is -2.36. The van der Waals surface area contributed by atoms with Crippen LogP contribution < -0.4 is 5.32 Å². The summed E-state index contributed by atoms with van der Waals surface area (Å²) >= 11 is 0. The second-order valence-corrected chi connectivity index (χ2v) is 7.14. The fraction of sp³-hybridized carbons (Fsp3) is 0.579. The molecule has 3 amide bonds. The van der Waals surface area contributed by atoms with E-state index in [0.717, 1.165) is 17.7 Å². The quantitative estimate of drug-likeness (QED) is 0.890. The van der Waals surface area contributed by atoms with Crippen molar-refractivity contribution in [3.05, 3.63) is 29.8 Å². The molecule has 0 bridgehead atoms. The van der Waals surface area contributed by atoms with E-state index in [4.69, 9.17) is 4.74 Å². The van der Waals surface area contributed by atoms with Gasteiger partial charge in [-0.3, -0.25) is 4.79 Å². The first-order valence-corrected chi connectivity index (χ1v) is 8.81. The molecule has 0 aliphatic carbocycles. The van der Waals surface area contributed by atoms with E-state index in [1.54, 1.807) is 19.0 Å². The summed E-state index contributed by atoms with van der Waals surface area (Å²) in [6.07, 6.45) is 1.29. The van der Waals surface area contributed by atoms with Gasteiger partial charge in [-0.2, -0.15) is 0 Å². The number of hydrogen-bond acceptors (Lipinski definition) is 3. The minimum absolute atomic E-state index is 0.0571. The van der Waals surface area contributed by atoms with Gasteiger partial charge >= 0.3 is 6.03 Å². The number of nitrogens with one attached hydrogen (secondary N) is 1. The number of carbonyl (C=O) groups excluding carboxylic acids is 2. The van der Waals surface area contributed by atoms with E-state index >= 15 is 0 Å². The average Bonchev–Trinajstić information content (AvgIpc) is 2.56. The number of morpholine rings is 1. The Morgan fingerprint density at radius 2 is 1.96 bits per heavy atom. The first-order chi connectivity index (χ1) is 11.9. The van der Waals surface area contributed by atoms with Gasteiger partial charge in [-0.15, -0.1) is 0 Å². The summed E-state index contributed by atoms with van der Waals surface area (Å²) in [6.45, 7) is 6.08. The van der Waals surface area contributed by atoms with E-state index in [-0.39, 0.29) is 18.0 Å². The summed E-state index contributed by atoms with van der Waals surface area (Å²) in [5.41, 5.74) is 1.67. The van der Waals surface area contributed by atoms with Gasteiger partial charge in [0.2, 0.25) is 5.91 Å². The standard InChI is InChI=1S/C19H29N3O3/c1-14(2)11-17-13-25-10-9-22(17)19(24)20-16-7-5-15(6-8-16)12-18(23)21(3)4/h5-8,14,17H,9-13H2,1-4H3,(H,20,24)/t17-/m0/s1. The Hall–Kier alpha value is -2.08. The monoisotopic (exact) mass is 347 g/mol. The Morgan fingerprint density at radius 1 is 1.28 bits per heavy atom. The molecule has 1 atom stereocenters. The van der Waals surface area contributed by atoms with E-state index in [2.05, 4.69) is 19.2 Å². The van der Waals surface area contributed by atoms with Crippen LogP contribution in [0.5, 0.6) is 0 Å². The van der Waals surface area contributed by atoms with Crippen molar-refractivity contribution in [2.24, 2.45) is 5.92 Å². The van der Waals surface area contributed by atoms with Crippen LogP contribution in [0.1, 0.15) is 25.8 Å². The zero-order valence-corrected chi connectivity index (χ0v) is 15.6. The van der Waals surface area contributed by atoms with Crippen LogP contribution in [0.4, 0.5) is 10.5 Å². The molecule has 0 radical (unpaired) electrons. The number of rotatable bonds is 5. The van der Waals surface area contributed by atoms with Crippen LogP contribution in [-0.4, -0.2) is 61.6 Å². The number of nitrogens with zero attached hydrogens (tertiary/aromatic N) is 2. The molecule has 1 heterocycles. The van der Waals surface area contributed by atoms with E-state index < -0.39 is 0 Å². The number of hydrogen-bond donors (Lipinski definition) is 1. The number of ether oxygens (including phenoxy) is 1. The van der Waals surface area contributed by atoms with Crippen molar-refractivity contribution in [1.82, 2.24) is 9.80 Å². The third-order valence-corrected chi connectivity index (χ3v) is 4.29. The molecule has 1 aliphatic heterocycles. The van der Waals surface area contributed by atoms with E-state index in [1.165, 1.54) is 0 Å². The molecule has 0 saturated carbocycles. The molecular formula is C19H29N3O3. The van der Waals surface area contributed by atoms with Crippen LogP contribution in [0, 0.1) is 5.92 Å². The zero-order valence-electron chi connectivity index (χ0n) is 15.6. The maximum Gasteiger partial charge on any atom is 0.322 e. The molecule has 6 nitrogen and oxygen atoms in total. The lowest BCUT2D eigenvalue weighted by Crippen LogP contribution is -2.50. The molecule has 138 valence electrons. The maximum absolute atomic E-state index is 12.6. The van der Waals surface area contributed by atoms with Crippen LogP contribution >= 0.6 is 0 Å². The Kier molecular flexibility index (Phi) is 6.82. The third kappa shape index (κ3) is 5.74. The Bertz CT molecular complexity index is 584. The minimum atomic E-state index is -0.0916. The number of urea groups is 1. The Morgan fingerprint density at radius 3 is 2.56 bits per heavy atom. The molecule has 0 unspecified atom stereocenters. The van der Waals surface area contributed by atoms with Gasteiger partial charge in [0.1, 0.15) is 0 Å². The highest BCUT2D eigenvalue weighted by Gasteiger charge is 2.27. The van der Waals surface area contributed by atoms with E-state index in [9.17, 15) is 9.59 Å². The van der Waals surface area contributed by atoms with Crippen molar-refractivity contribution in [2.45, 2.75) is 32.7 Å². The lowest BCUT2D eigenvalue weighted by molar-refractivity contribution is -0.127. The van der Waals surface area contributed by atoms with Crippen molar-refractivity contribution in [2.75, 3.05) is 39.2 Å². The largest absolute Gasteiger partial charge is 0.377 e. The number of likely N-dealkylation sites (N-methyl/N-ethyl adjacent to an activating group) is 1. The summed E-state index contributed by atoms with van der Waals surface area (Å²) < 4.78 is 5.53. The Labute approximate surface area is 150 Å². The molecule has 0 aromatic heterocycles. The van der Waals surface area contributed by atoms with E-state index in [0.29, 0.717) is 32.1 Å². The van der Waals surface area contributed by atoms with Crippen molar-refractivity contribution < 1.29 is 14.3 Å². The normalized spacial score (nSPS) is 17.5. The molecule has 2 rings (SSSR count). The number of carbonyl (C=O) groups is 2. The smallest absolute Gasteiger partial charge is 0.322 e. The molecule has 1 N–H and O–H groups in total. The first kappa shape index (κ1) is 19.2. The summed E-state index contributed by atoms with van der Waals surface area (Å²) in [7, 11) is 3.49. The first-order valence-electron chi connectivity index (χ1n) is 8.81. The molecular weight excluding hydrogens is 318 g/mol. The van der Waals surface area contributed by atoms with Crippen molar-refractivity contribution >= 4 is 17.6 Å². The summed E-state index contributed by atoms with van der Waals surface area (Å²) in [4.78, 5) is 27.8. The van der Waals surface area contributed by atoms with Crippen molar-refractivity contribution in [3.63, 3.8) is 0 Å². The van der Waals surface area contributed by atoms with Gasteiger partial charge in [0.05, 0.1) is 25.7 Å². The topological polar surface area (TPSA) is 61.9 Å². The van der Waals surface area contributed by atoms with Gasteiger partial charge in [-0.1, -0.05) is 26.0 Å². The molecule has 1 aromatic rings. The number of amides is 3. The van der Waals surface area contributed by atoms with E-state index in [1.807, 2.05) is 29.2 Å². The van der Waals surface area contributed by atoms with Crippen LogP contribution in [0.25, 0.3) is 0 Å². The van der Waals surface area contributed by atoms with Gasteiger partial charge in [0.25, 0.3) is 0 Å². The van der Waals surface area contributed by atoms with Gasteiger partial charge < -0.3 is 19.9 Å². The highest BCUT2D eigenvalue weighted by atomic mass is 16.5. The third-order valence-electron chi connectivity index (χ3n) is 4.29. The van der Waals surface area contributed by atoms with Crippen LogP contribution in [0.15, 0.2) is 24.3 Å². The summed E-state index contributed by atoms with van der Waals surface area (Å²) in [5, 5.41) is 2.95.